The summed E-state index contributed by atoms with van der Waals surface area (Å²) in [5.74, 6) is 0.858. The SMILES string of the molecule is Cc1cc(CN)cc(C)c1OCCO. The molecule has 0 aliphatic heterocycles. The Kier molecular flexibility index (Phi) is 3.92. The highest BCUT2D eigenvalue weighted by molar-refractivity contribution is 5.43. The highest BCUT2D eigenvalue weighted by atomic mass is 16.5. The maximum Gasteiger partial charge on any atom is 0.125 e. The van der Waals surface area contributed by atoms with E-state index in [2.05, 4.69) is 0 Å². The molecule has 0 radical (unpaired) electrons. The van der Waals surface area contributed by atoms with Gasteiger partial charge in [0.2, 0.25) is 0 Å². The number of benzene rings is 1. The van der Waals surface area contributed by atoms with E-state index in [0.29, 0.717) is 13.2 Å². The fourth-order valence-corrected chi connectivity index (χ4v) is 1.53. The van der Waals surface area contributed by atoms with Gasteiger partial charge in [-0.1, -0.05) is 12.1 Å². The van der Waals surface area contributed by atoms with Gasteiger partial charge in [0.25, 0.3) is 0 Å². The molecule has 0 aliphatic rings. The summed E-state index contributed by atoms with van der Waals surface area (Å²) in [7, 11) is 0. The van der Waals surface area contributed by atoms with Crippen molar-refractivity contribution in [1.29, 1.82) is 0 Å². The lowest BCUT2D eigenvalue weighted by molar-refractivity contribution is 0.200. The Morgan fingerprint density at radius 1 is 1.29 bits per heavy atom. The van der Waals surface area contributed by atoms with Gasteiger partial charge in [0.15, 0.2) is 0 Å². The quantitative estimate of drug-likeness (QED) is 0.757. The van der Waals surface area contributed by atoms with Crippen molar-refractivity contribution in [2.75, 3.05) is 13.2 Å². The van der Waals surface area contributed by atoms with Crippen LogP contribution in [0.15, 0.2) is 12.1 Å². The summed E-state index contributed by atoms with van der Waals surface area (Å²) in [5, 5.41) is 8.67. The maximum atomic E-state index is 8.67. The van der Waals surface area contributed by atoms with E-state index < -0.39 is 0 Å². The molecule has 14 heavy (non-hydrogen) atoms. The number of hydrogen-bond donors (Lipinski definition) is 2. The number of aryl methyl sites for hydroxylation is 2. The first kappa shape index (κ1) is 11.0. The van der Waals surface area contributed by atoms with Crippen LogP contribution in [0.1, 0.15) is 16.7 Å². The minimum absolute atomic E-state index is 0.0392. The number of aliphatic hydroxyl groups is 1. The van der Waals surface area contributed by atoms with Crippen LogP contribution in [0, 0.1) is 13.8 Å². The number of ether oxygens (including phenoxy) is 1. The average molecular weight is 195 g/mol. The molecule has 3 nitrogen and oxygen atoms in total. The van der Waals surface area contributed by atoms with Crippen LogP contribution in [0.25, 0.3) is 0 Å². The smallest absolute Gasteiger partial charge is 0.125 e. The van der Waals surface area contributed by atoms with Crippen molar-refractivity contribution in [2.45, 2.75) is 20.4 Å². The van der Waals surface area contributed by atoms with Crippen molar-refractivity contribution in [3.8, 4) is 5.75 Å². The summed E-state index contributed by atoms with van der Waals surface area (Å²) in [6.45, 7) is 4.89. The van der Waals surface area contributed by atoms with Crippen molar-refractivity contribution in [1.82, 2.24) is 0 Å². The molecule has 0 atom stereocenters. The molecule has 3 heteroatoms. The third-order valence-electron chi connectivity index (χ3n) is 2.09. The zero-order chi connectivity index (χ0) is 10.6. The van der Waals surface area contributed by atoms with Gasteiger partial charge in [-0.15, -0.1) is 0 Å². The van der Waals surface area contributed by atoms with Gasteiger partial charge < -0.3 is 15.6 Å². The number of nitrogens with two attached hydrogens (primary N) is 1. The zero-order valence-corrected chi connectivity index (χ0v) is 8.71. The molecule has 0 heterocycles. The van der Waals surface area contributed by atoms with Crippen LogP contribution >= 0.6 is 0 Å². The predicted molar refractivity (Wildman–Crippen MR) is 56.4 cm³/mol. The van der Waals surface area contributed by atoms with Crippen LogP contribution in [-0.2, 0) is 6.54 Å². The number of rotatable bonds is 4. The highest BCUT2D eigenvalue weighted by Gasteiger charge is 2.05. The third-order valence-corrected chi connectivity index (χ3v) is 2.09. The van der Waals surface area contributed by atoms with Gasteiger partial charge in [0, 0.05) is 6.54 Å². The fourth-order valence-electron chi connectivity index (χ4n) is 1.53. The first-order valence-electron chi connectivity index (χ1n) is 4.73. The summed E-state index contributed by atoms with van der Waals surface area (Å²) in [6.07, 6.45) is 0. The summed E-state index contributed by atoms with van der Waals surface area (Å²) in [5.41, 5.74) is 8.80. The highest BCUT2D eigenvalue weighted by Crippen LogP contribution is 2.24. The molecule has 1 aromatic rings. The molecule has 78 valence electrons. The Labute approximate surface area is 84.5 Å². The second kappa shape index (κ2) is 4.98. The van der Waals surface area contributed by atoms with Gasteiger partial charge in [-0.3, -0.25) is 0 Å². The summed E-state index contributed by atoms with van der Waals surface area (Å²) in [4.78, 5) is 0. The summed E-state index contributed by atoms with van der Waals surface area (Å²) < 4.78 is 5.43. The van der Waals surface area contributed by atoms with Crippen molar-refractivity contribution in [3.63, 3.8) is 0 Å². The lowest BCUT2D eigenvalue weighted by Crippen LogP contribution is -2.05. The van der Waals surface area contributed by atoms with Gasteiger partial charge in [-0.2, -0.15) is 0 Å². The predicted octanol–water partition coefficient (Wildman–Crippen LogP) is 1.13. The van der Waals surface area contributed by atoms with Crippen molar-refractivity contribution >= 4 is 0 Å². The van der Waals surface area contributed by atoms with Crippen molar-refractivity contribution in [2.24, 2.45) is 5.73 Å². The van der Waals surface area contributed by atoms with E-state index in [0.717, 1.165) is 22.4 Å². The fraction of sp³-hybridized carbons (Fsp3) is 0.455. The minimum Gasteiger partial charge on any atom is -0.491 e. The second-order valence-corrected chi connectivity index (χ2v) is 3.33. The lowest BCUT2D eigenvalue weighted by Gasteiger charge is -2.12. The molecule has 1 rings (SSSR count). The standard InChI is InChI=1S/C11H17NO2/c1-8-5-10(7-12)6-9(2)11(8)14-4-3-13/h5-6,13H,3-4,7,12H2,1-2H3. The van der Waals surface area contributed by atoms with Crippen LogP contribution in [0.5, 0.6) is 5.75 Å². The first-order valence-corrected chi connectivity index (χ1v) is 4.73. The molecule has 0 saturated heterocycles. The summed E-state index contributed by atoms with van der Waals surface area (Å²) in [6, 6.07) is 4.03. The molecule has 0 bridgehead atoms. The monoisotopic (exact) mass is 195 g/mol. The molecule has 3 N–H and O–H groups in total. The molecule has 0 unspecified atom stereocenters. The molecule has 0 amide bonds. The second-order valence-electron chi connectivity index (χ2n) is 3.33. The lowest BCUT2D eigenvalue weighted by atomic mass is 10.1. The average Bonchev–Trinajstić information content (AvgIpc) is 2.16. The molecule has 0 saturated carbocycles. The molecule has 0 aliphatic carbocycles. The van der Waals surface area contributed by atoms with Gasteiger partial charge in [-0.05, 0) is 30.5 Å². The van der Waals surface area contributed by atoms with Crippen molar-refractivity contribution < 1.29 is 9.84 Å². The normalized spacial score (nSPS) is 10.3. The van der Waals surface area contributed by atoms with E-state index in [-0.39, 0.29) is 6.61 Å². The molecule has 0 spiro atoms. The molecular formula is C11H17NO2. The van der Waals surface area contributed by atoms with Crippen LogP contribution in [0.3, 0.4) is 0 Å². The molecule has 0 fully saturated rings. The molecular weight excluding hydrogens is 178 g/mol. The van der Waals surface area contributed by atoms with E-state index in [9.17, 15) is 0 Å². The molecule has 0 aromatic heterocycles. The molecule has 1 aromatic carbocycles. The largest absolute Gasteiger partial charge is 0.491 e. The minimum atomic E-state index is 0.0392. The number of hydrogen-bond acceptors (Lipinski definition) is 3. The van der Waals surface area contributed by atoms with Gasteiger partial charge >= 0.3 is 0 Å². The Bertz CT molecular complexity index is 287. The Morgan fingerprint density at radius 3 is 2.29 bits per heavy atom. The first-order chi connectivity index (χ1) is 6.69. The Balaban J connectivity index is 2.93. The van der Waals surface area contributed by atoms with E-state index in [1.165, 1.54) is 0 Å². The van der Waals surface area contributed by atoms with E-state index in [1.807, 2.05) is 26.0 Å². The van der Waals surface area contributed by atoms with Gasteiger partial charge in [0.05, 0.1) is 6.61 Å². The van der Waals surface area contributed by atoms with Crippen LogP contribution < -0.4 is 10.5 Å². The van der Waals surface area contributed by atoms with Gasteiger partial charge in [0.1, 0.15) is 12.4 Å². The Morgan fingerprint density at radius 2 is 1.86 bits per heavy atom. The van der Waals surface area contributed by atoms with Gasteiger partial charge in [-0.25, -0.2) is 0 Å². The third kappa shape index (κ3) is 2.47. The maximum absolute atomic E-state index is 8.67. The van der Waals surface area contributed by atoms with E-state index in [4.69, 9.17) is 15.6 Å². The van der Waals surface area contributed by atoms with E-state index >= 15 is 0 Å². The number of aliphatic hydroxyl groups excluding tert-OH is 1. The topological polar surface area (TPSA) is 55.5 Å². The van der Waals surface area contributed by atoms with Crippen LogP contribution in [0.2, 0.25) is 0 Å². The zero-order valence-electron chi connectivity index (χ0n) is 8.71. The van der Waals surface area contributed by atoms with Crippen molar-refractivity contribution in [3.05, 3.63) is 28.8 Å². The van der Waals surface area contributed by atoms with E-state index in [1.54, 1.807) is 0 Å². The van der Waals surface area contributed by atoms with Crippen LogP contribution in [0.4, 0.5) is 0 Å². The van der Waals surface area contributed by atoms with Crippen LogP contribution in [-0.4, -0.2) is 18.3 Å². The summed E-state index contributed by atoms with van der Waals surface area (Å²) >= 11 is 0. The Hall–Kier alpha value is -1.06.